The molecule has 0 radical (unpaired) electrons. The van der Waals surface area contributed by atoms with Gasteiger partial charge in [0.15, 0.2) is 6.61 Å². The number of hydrogen-bond acceptors (Lipinski definition) is 5. The number of ether oxygens (including phenoxy) is 1. The molecule has 20 heavy (non-hydrogen) atoms. The lowest BCUT2D eigenvalue weighted by atomic mass is 10.3. The van der Waals surface area contributed by atoms with Gasteiger partial charge in [0.1, 0.15) is 5.82 Å². The minimum Gasteiger partial charge on any atom is -0.471 e. The summed E-state index contributed by atoms with van der Waals surface area (Å²) in [5, 5.41) is 13.3. The third-order valence-electron chi connectivity index (χ3n) is 2.09. The molecule has 1 aromatic rings. The summed E-state index contributed by atoms with van der Waals surface area (Å²) < 4.78 is 53.7. The van der Waals surface area contributed by atoms with Crippen molar-refractivity contribution in [3.05, 3.63) is 22.2 Å². The summed E-state index contributed by atoms with van der Waals surface area (Å²) in [5.41, 5.74) is -0.452. The molecule has 10 heteroatoms. The van der Waals surface area contributed by atoms with Crippen molar-refractivity contribution in [2.45, 2.75) is 19.3 Å². The molecule has 1 rings (SSSR count). The van der Waals surface area contributed by atoms with Crippen molar-refractivity contribution < 1.29 is 27.2 Å². The predicted octanol–water partition coefficient (Wildman–Crippen LogP) is 2.70. The molecule has 0 bridgehead atoms. The van der Waals surface area contributed by atoms with Crippen LogP contribution >= 0.6 is 0 Å². The van der Waals surface area contributed by atoms with Crippen LogP contribution in [-0.2, 0) is 0 Å². The summed E-state index contributed by atoms with van der Waals surface area (Å²) in [6.07, 6.45) is -3.89. The zero-order valence-corrected chi connectivity index (χ0v) is 10.3. The van der Waals surface area contributed by atoms with Crippen LogP contribution in [0.2, 0.25) is 0 Å². The fourth-order valence-corrected chi connectivity index (χ4v) is 1.18. The number of aromatic nitrogens is 1. The lowest BCUT2D eigenvalue weighted by Crippen LogP contribution is -2.33. The van der Waals surface area contributed by atoms with Gasteiger partial charge in [-0.05, 0) is 6.92 Å². The van der Waals surface area contributed by atoms with Crippen molar-refractivity contribution in [2.24, 2.45) is 0 Å². The SMILES string of the molecule is CCNc1cc([N+](=O)[O-])cc(OCC(F)(F)C(F)F)n1. The number of pyridine rings is 1. The second-order valence-electron chi connectivity index (χ2n) is 3.69. The standard InChI is InChI=1S/C10H11F4N3O3/c1-2-15-7-3-6(17(18)19)4-8(16-7)20-5-10(13,14)9(11)12/h3-4,9H,2,5H2,1H3,(H,15,16). The Kier molecular flexibility index (Phi) is 5.06. The smallest absolute Gasteiger partial charge is 0.340 e. The number of halogens is 4. The Morgan fingerprint density at radius 2 is 2.15 bits per heavy atom. The van der Waals surface area contributed by atoms with Crippen LogP contribution in [0, 0.1) is 10.1 Å². The second-order valence-corrected chi connectivity index (χ2v) is 3.69. The molecule has 0 aliphatic rings. The second kappa shape index (κ2) is 6.35. The molecular formula is C10H11F4N3O3. The summed E-state index contributed by atoms with van der Waals surface area (Å²) in [5.74, 6) is -4.86. The van der Waals surface area contributed by atoms with Gasteiger partial charge in [0.05, 0.1) is 17.1 Å². The van der Waals surface area contributed by atoms with Gasteiger partial charge >= 0.3 is 12.3 Å². The first kappa shape index (κ1) is 15.9. The summed E-state index contributed by atoms with van der Waals surface area (Å²) in [4.78, 5) is 13.5. The van der Waals surface area contributed by atoms with Crippen LogP contribution in [0.25, 0.3) is 0 Å². The number of nitro groups is 1. The lowest BCUT2D eigenvalue weighted by molar-refractivity contribution is -0.384. The van der Waals surface area contributed by atoms with Crippen LogP contribution in [0.3, 0.4) is 0 Å². The Morgan fingerprint density at radius 1 is 1.50 bits per heavy atom. The van der Waals surface area contributed by atoms with Crippen molar-refractivity contribution in [2.75, 3.05) is 18.5 Å². The van der Waals surface area contributed by atoms with Crippen LogP contribution in [0.1, 0.15) is 6.92 Å². The summed E-state index contributed by atoms with van der Waals surface area (Å²) >= 11 is 0. The van der Waals surface area contributed by atoms with Gasteiger partial charge in [0.2, 0.25) is 5.88 Å². The van der Waals surface area contributed by atoms with E-state index in [-0.39, 0.29) is 5.82 Å². The van der Waals surface area contributed by atoms with Crippen LogP contribution in [-0.4, -0.2) is 35.4 Å². The van der Waals surface area contributed by atoms with E-state index in [0.29, 0.717) is 6.54 Å². The Bertz CT molecular complexity index is 485. The average molecular weight is 297 g/mol. The van der Waals surface area contributed by atoms with Gasteiger partial charge in [-0.1, -0.05) is 0 Å². The van der Waals surface area contributed by atoms with Crippen LogP contribution in [0.4, 0.5) is 29.1 Å². The van der Waals surface area contributed by atoms with Gasteiger partial charge in [0, 0.05) is 6.54 Å². The van der Waals surface area contributed by atoms with Gasteiger partial charge in [-0.25, -0.2) is 8.78 Å². The number of nitrogens with zero attached hydrogens (tertiary/aromatic N) is 2. The third kappa shape index (κ3) is 4.21. The predicted molar refractivity (Wildman–Crippen MR) is 61.5 cm³/mol. The van der Waals surface area contributed by atoms with E-state index >= 15 is 0 Å². The molecule has 0 aliphatic heterocycles. The molecule has 0 atom stereocenters. The Hall–Kier alpha value is -2.13. The quantitative estimate of drug-likeness (QED) is 0.475. The van der Waals surface area contributed by atoms with E-state index in [1.807, 2.05) is 0 Å². The van der Waals surface area contributed by atoms with Crippen LogP contribution < -0.4 is 10.1 Å². The highest BCUT2D eigenvalue weighted by Crippen LogP contribution is 2.26. The van der Waals surface area contributed by atoms with E-state index in [1.165, 1.54) is 0 Å². The molecule has 0 unspecified atom stereocenters. The molecule has 0 spiro atoms. The Balaban J connectivity index is 2.91. The summed E-state index contributed by atoms with van der Waals surface area (Å²) in [6, 6.07) is 1.85. The van der Waals surface area contributed by atoms with E-state index < -0.39 is 35.4 Å². The van der Waals surface area contributed by atoms with Gasteiger partial charge in [-0.15, -0.1) is 0 Å². The summed E-state index contributed by atoms with van der Waals surface area (Å²) in [7, 11) is 0. The number of rotatable bonds is 7. The molecule has 0 saturated heterocycles. The highest BCUT2D eigenvalue weighted by molar-refractivity contribution is 5.48. The zero-order valence-electron chi connectivity index (χ0n) is 10.3. The lowest BCUT2D eigenvalue weighted by Gasteiger charge is -2.15. The number of nitrogens with one attached hydrogen (secondary N) is 1. The van der Waals surface area contributed by atoms with Crippen molar-refractivity contribution in [3.8, 4) is 5.88 Å². The van der Waals surface area contributed by atoms with E-state index in [9.17, 15) is 27.7 Å². The molecule has 0 fully saturated rings. The summed E-state index contributed by atoms with van der Waals surface area (Å²) in [6.45, 7) is 0.442. The minimum absolute atomic E-state index is 0.0251. The largest absolute Gasteiger partial charge is 0.471 e. The molecule has 6 nitrogen and oxygen atoms in total. The van der Waals surface area contributed by atoms with Gasteiger partial charge < -0.3 is 10.1 Å². The minimum atomic E-state index is -4.36. The molecule has 1 aromatic heterocycles. The zero-order chi connectivity index (χ0) is 15.3. The van der Waals surface area contributed by atoms with Gasteiger partial charge in [-0.2, -0.15) is 13.8 Å². The molecule has 0 aliphatic carbocycles. The van der Waals surface area contributed by atoms with E-state index in [1.54, 1.807) is 6.92 Å². The normalized spacial score (nSPS) is 11.5. The highest BCUT2D eigenvalue weighted by Gasteiger charge is 2.42. The van der Waals surface area contributed by atoms with E-state index in [2.05, 4.69) is 15.0 Å². The molecule has 112 valence electrons. The maximum Gasteiger partial charge on any atom is 0.340 e. The molecule has 0 saturated carbocycles. The van der Waals surface area contributed by atoms with Crippen LogP contribution in [0.5, 0.6) is 5.88 Å². The molecule has 1 N–H and O–H groups in total. The Labute approximate surface area is 110 Å². The van der Waals surface area contributed by atoms with Crippen molar-refractivity contribution in [3.63, 3.8) is 0 Å². The molecule has 1 heterocycles. The fraction of sp³-hybridized carbons (Fsp3) is 0.500. The monoisotopic (exact) mass is 297 g/mol. The van der Waals surface area contributed by atoms with Gasteiger partial charge in [-0.3, -0.25) is 10.1 Å². The topological polar surface area (TPSA) is 77.3 Å². The number of hydrogen-bond donors (Lipinski definition) is 1. The molecular weight excluding hydrogens is 286 g/mol. The highest BCUT2D eigenvalue weighted by atomic mass is 19.3. The molecule has 0 amide bonds. The first-order valence-electron chi connectivity index (χ1n) is 5.45. The molecule has 0 aromatic carbocycles. The fourth-order valence-electron chi connectivity index (χ4n) is 1.18. The van der Waals surface area contributed by atoms with Gasteiger partial charge in [0.25, 0.3) is 5.69 Å². The third-order valence-corrected chi connectivity index (χ3v) is 2.09. The first-order valence-corrected chi connectivity index (χ1v) is 5.45. The maximum absolute atomic E-state index is 12.7. The number of alkyl halides is 4. The maximum atomic E-state index is 12.7. The average Bonchev–Trinajstić information content (AvgIpc) is 2.36. The van der Waals surface area contributed by atoms with E-state index in [4.69, 9.17) is 0 Å². The van der Waals surface area contributed by atoms with Crippen molar-refractivity contribution >= 4 is 11.5 Å². The van der Waals surface area contributed by atoms with E-state index in [0.717, 1.165) is 12.1 Å². The number of anilines is 1. The van der Waals surface area contributed by atoms with Crippen LogP contribution in [0.15, 0.2) is 12.1 Å². The first-order chi connectivity index (χ1) is 9.26. The van der Waals surface area contributed by atoms with Crippen molar-refractivity contribution in [1.82, 2.24) is 4.98 Å². The Morgan fingerprint density at radius 3 is 2.65 bits per heavy atom. The van der Waals surface area contributed by atoms with Crippen molar-refractivity contribution in [1.29, 1.82) is 0 Å².